The zero-order valence-electron chi connectivity index (χ0n) is 14.2. The molecule has 0 aliphatic rings. The van der Waals surface area contributed by atoms with Crippen LogP contribution in [-0.2, 0) is 22.5 Å². The molecule has 3 rings (SSSR count). The van der Waals surface area contributed by atoms with Gasteiger partial charge in [-0.2, -0.15) is 5.10 Å². The number of hydrogen-bond donors (Lipinski definition) is 1. The first-order valence-electron chi connectivity index (χ1n) is 8.13. The highest BCUT2D eigenvalue weighted by atomic mass is 16.5. The van der Waals surface area contributed by atoms with Crippen LogP contribution in [0.5, 0.6) is 0 Å². The van der Waals surface area contributed by atoms with E-state index in [1.54, 1.807) is 35.1 Å². The Balaban J connectivity index is 1.61. The Labute approximate surface area is 149 Å². The van der Waals surface area contributed by atoms with Crippen LogP contribution in [0, 0.1) is 0 Å². The van der Waals surface area contributed by atoms with Crippen molar-refractivity contribution < 1.29 is 18.7 Å². The van der Waals surface area contributed by atoms with Crippen molar-refractivity contribution in [1.82, 2.24) is 20.1 Å². The summed E-state index contributed by atoms with van der Waals surface area (Å²) in [5, 5.41) is 6.83. The van der Waals surface area contributed by atoms with E-state index >= 15 is 0 Å². The highest BCUT2D eigenvalue weighted by Gasteiger charge is 2.19. The molecule has 0 fully saturated rings. The van der Waals surface area contributed by atoms with E-state index in [0.29, 0.717) is 29.3 Å². The molecule has 8 heteroatoms. The van der Waals surface area contributed by atoms with Gasteiger partial charge in [-0.15, -0.1) is 0 Å². The molecule has 0 spiro atoms. The van der Waals surface area contributed by atoms with E-state index in [2.05, 4.69) is 15.4 Å². The molecule has 0 aromatic carbocycles. The Morgan fingerprint density at radius 2 is 2.15 bits per heavy atom. The highest BCUT2D eigenvalue weighted by Crippen LogP contribution is 2.15. The smallest absolute Gasteiger partial charge is 0.342 e. The molecular weight excluding hydrogens is 336 g/mol. The monoisotopic (exact) mass is 354 g/mol. The number of aromatic nitrogens is 3. The standard InChI is InChI=1S/C18H18N4O4/c1-2-15-14(11-21-22(15)16-7-3-4-8-19-16)18(24)26-12-17(23)20-10-13-6-5-9-25-13/h3-9,11H,2,10,12H2,1H3,(H,20,23). The number of rotatable bonds is 7. The average molecular weight is 354 g/mol. The lowest BCUT2D eigenvalue weighted by Gasteiger charge is -2.07. The van der Waals surface area contributed by atoms with Gasteiger partial charge in [0.2, 0.25) is 0 Å². The first-order valence-corrected chi connectivity index (χ1v) is 8.13. The lowest BCUT2D eigenvalue weighted by Crippen LogP contribution is -2.28. The summed E-state index contributed by atoms with van der Waals surface area (Å²) in [6, 6.07) is 8.90. The molecule has 0 atom stereocenters. The van der Waals surface area contributed by atoms with Crippen LogP contribution in [0.1, 0.15) is 28.7 Å². The molecule has 0 aliphatic carbocycles. The van der Waals surface area contributed by atoms with Crippen molar-refractivity contribution in [3.8, 4) is 5.82 Å². The lowest BCUT2D eigenvalue weighted by molar-refractivity contribution is -0.124. The molecule has 1 N–H and O–H groups in total. The highest BCUT2D eigenvalue weighted by molar-refractivity contribution is 5.92. The van der Waals surface area contributed by atoms with Crippen LogP contribution in [0.2, 0.25) is 0 Å². The summed E-state index contributed by atoms with van der Waals surface area (Å²) in [5.41, 5.74) is 0.988. The first-order chi connectivity index (χ1) is 12.7. The summed E-state index contributed by atoms with van der Waals surface area (Å²) in [6.07, 6.45) is 5.16. The van der Waals surface area contributed by atoms with Gasteiger partial charge in [-0.1, -0.05) is 13.0 Å². The van der Waals surface area contributed by atoms with Crippen molar-refractivity contribution in [3.05, 3.63) is 66.0 Å². The van der Waals surface area contributed by atoms with E-state index in [1.165, 1.54) is 12.5 Å². The summed E-state index contributed by atoms with van der Waals surface area (Å²) < 4.78 is 11.8. The predicted octanol–water partition coefficient (Wildman–Crippen LogP) is 1.90. The number of ether oxygens (including phenoxy) is 1. The van der Waals surface area contributed by atoms with Gasteiger partial charge >= 0.3 is 5.97 Å². The third-order valence-corrected chi connectivity index (χ3v) is 3.66. The van der Waals surface area contributed by atoms with Gasteiger partial charge in [0.05, 0.1) is 24.7 Å². The summed E-state index contributed by atoms with van der Waals surface area (Å²) >= 11 is 0. The second kappa shape index (κ2) is 8.11. The zero-order valence-corrected chi connectivity index (χ0v) is 14.2. The molecule has 0 unspecified atom stereocenters. The van der Waals surface area contributed by atoms with Crippen molar-refractivity contribution in [2.24, 2.45) is 0 Å². The van der Waals surface area contributed by atoms with Crippen molar-refractivity contribution in [1.29, 1.82) is 0 Å². The maximum absolute atomic E-state index is 12.3. The molecule has 0 aliphatic heterocycles. The van der Waals surface area contributed by atoms with Gasteiger partial charge < -0.3 is 14.5 Å². The number of amides is 1. The molecule has 0 radical (unpaired) electrons. The normalized spacial score (nSPS) is 10.5. The fourth-order valence-electron chi connectivity index (χ4n) is 2.42. The quantitative estimate of drug-likeness (QED) is 0.651. The second-order valence-corrected chi connectivity index (χ2v) is 5.39. The molecule has 0 saturated heterocycles. The van der Waals surface area contributed by atoms with E-state index < -0.39 is 11.9 Å². The van der Waals surface area contributed by atoms with Gasteiger partial charge in [0, 0.05) is 6.20 Å². The molecule has 134 valence electrons. The maximum Gasteiger partial charge on any atom is 0.342 e. The predicted molar refractivity (Wildman–Crippen MR) is 91.6 cm³/mol. The van der Waals surface area contributed by atoms with Crippen LogP contribution < -0.4 is 5.32 Å². The number of nitrogens with one attached hydrogen (secondary N) is 1. The number of nitrogens with zero attached hydrogens (tertiary/aromatic N) is 3. The summed E-state index contributed by atoms with van der Waals surface area (Å²) in [7, 11) is 0. The van der Waals surface area contributed by atoms with Crippen molar-refractivity contribution in [2.45, 2.75) is 19.9 Å². The number of furan rings is 1. The molecule has 0 bridgehead atoms. The van der Waals surface area contributed by atoms with Crippen molar-refractivity contribution in [2.75, 3.05) is 6.61 Å². The van der Waals surface area contributed by atoms with Crippen LogP contribution in [0.4, 0.5) is 0 Å². The van der Waals surface area contributed by atoms with Crippen molar-refractivity contribution >= 4 is 11.9 Å². The minimum atomic E-state index is -0.600. The third kappa shape index (κ3) is 3.97. The molecule has 3 aromatic rings. The Kier molecular flexibility index (Phi) is 5.43. The SMILES string of the molecule is CCc1c(C(=O)OCC(=O)NCc2ccco2)cnn1-c1ccccn1. The number of pyridine rings is 1. The van der Waals surface area contributed by atoms with Gasteiger partial charge in [0.25, 0.3) is 5.91 Å². The molecule has 8 nitrogen and oxygen atoms in total. The van der Waals surface area contributed by atoms with Gasteiger partial charge in [-0.3, -0.25) is 4.79 Å². The molecule has 0 saturated carbocycles. The Bertz CT molecular complexity index is 872. The van der Waals surface area contributed by atoms with Crippen LogP contribution in [0.3, 0.4) is 0 Å². The average Bonchev–Trinajstić information content (AvgIpc) is 3.34. The van der Waals surface area contributed by atoms with E-state index in [0.717, 1.165) is 0 Å². The number of carbonyl (C=O) groups excluding carboxylic acids is 2. The van der Waals surface area contributed by atoms with E-state index in [4.69, 9.17) is 9.15 Å². The van der Waals surface area contributed by atoms with E-state index in [-0.39, 0.29) is 13.2 Å². The Hall–Kier alpha value is -3.42. The number of hydrogen-bond acceptors (Lipinski definition) is 6. The van der Waals surface area contributed by atoms with Gasteiger partial charge in [-0.25, -0.2) is 14.5 Å². The Morgan fingerprint density at radius 3 is 2.85 bits per heavy atom. The maximum atomic E-state index is 12.3. The van der Waals surface area contributed by atoms with Crippen LogP contribution >= 0.6 is 0 Å². The first kappa shape index (κ1) is 17.4. The van der Waals surface area contributed by atoms with Crippen LogP contribution in [-0.4, -0.2) is 33.2 Å². The number of carbonyl (C=O) groups is 2. The van der Waals surface area contributed by atoms with Crippen LogP contribution in [0.15, 0.2) is 53.4 Å². The molecular formula is C18H18N4O4. The largest absolute Gasteiger partial charge is 0.467 e. The lowest BCUT2D eigenvalue weighted by atomic mass is 10.2. The molecule has 26 heavy (non-hydrogen) atoms. The van der Waals surface area contributed by atoms with Crippen molar-refractivity contribution in [3.63, 3.8) is 0 Å². The fourth-order valence-corrected chi connectivity index (χ4v) is 2.42. The zero-order chi connectivity index (χ0) is 18.4. The minimum Gasteiger partial charge on any atom is -0.467 e. The fraction of sp³-hybridized carbons (Fsp3) is 0.222. The van der Waals surface area contributed by atoms with Gasteiger partial charge in [-0.05, 0) is 30.7 Å². The van der Waals surface area contributed by atoms with Gasteiger partial charge in [0.15, 0.2) is 12.4 Å². The Morgan fingerprint density at radius 1 is 1.27 bits per heavy atom. The van der Waals surface area contributed by atoms with E-state index in [9.17, 15) is 9.59 Å². The molecule has 1 amide bonds. The summed E-state index contributed by atoms with van der Waals surface area (Å²) in [5.74, 6) is 0.219. The van der Waals surface area contributed by atoms with E-state index in [1.807, 2.05) is 13.0 Å². The van der Waals surface area contributed by atoms with Gasteiger partial charge in [0.1, 0.15) is 11.3 Å². The molecule has 3 aromatic heterocycles. The number of esters is 1. The summed E-state index contributed by atoms with van der Waals surface area (Å²) in [4.78, 5) is 28.3. The topological polar surface area (TPSA) is 99.3 Å². The molecule has 3 heterocycles. The second-order valence-electron chi connectivity index (χ2n) is 5.39. The minimum absolute atomic E-state index is 0.237. The summed E-state index contributed by atoms with van der Waals surface area (Å²) in [6.45, 7) is 1.77. The van der Waals surface area contributed by atoms with Crippen LogP contribution in [0.25, 0.3) is 5.82 Å². The third-order valence-electron chi connectivity index (χ3n) is 3.66.